The lowest BCUT2D eigenvalue weighted by atomic mass is 9.99. The van der Waals surface area contributed by atoms with Crippen molar-refractivity contribution in [2.24, 2.45) is 0 Å². The van der Waals surface area contributed by atoms with Crippen LogP contribution in [0.15, 0.2) is 60.7 Å². The fourth-order valence-corrected chi connectivity index (χ4v) is 3.02. The highest BCUT2D eigenvalue weighted by Gasteiger charge is 2.05. The molecule has 2 N–H and O–H groups in total. The summed E-state index contributed by atoms with van der Waals surface area (Å²) in [5.74, 6) is -0.0752. The number of rotatable bonds is 6. The number of carbonyl (C=O) groups excluding carboxylic acids is 1. The summed E-state index contributed by atoms with van der Waals surface area (Å²) in [5.41, 5.74) is 2.95. The minimum absolute atomic E-state index is 0.0752. The standard InChI is InChI=1S/C22H24N2O/c1-15(2)22(25)24-12-6-11-23-21-10-9-19-13-17-7-4-5-8-18(17)14-20(19)16(21)3/h4-5,7-10,13-14,23H,1,6,11-12H2,2-3H3,(H,24,25). The largest absolute Gasteiger partial charge is 0.385 e. The Morgan fingerprint density at radius 3 is 2.44 bits per heavy atom. The van der Waals surface area contributed by atoms with Crippen LogP contribution >= 0.6 is 0 Å². The first-order valence-electron chi connectivity index (χ1n) is 8.66. The van der Waals surface area contributed by atoms with Crippen molar-refractivity contribution in [3.63, 3.8) is 0 Å². The average Bonchev–Trinajstić information content (AvgIpc) is 2.61. The van der Waals surface area contributed by atoms with E-state index in [1.165, 1.54) is 27.1 Å². The molecule has 3 heteroatoms. The van der Waals surface area contributed by atoms with E-state index < -0.39 is 0 Å². The first kappa shape index (κ1) is 17.0. The number of hydrogen-bond donors (Lipinski definition) is 2. The number of anilines is 1. The molecule has 1 amide bonds. The molecule has 0 saturated heterocycles. The van der Waals surface area contributed by atoms with Gasteiger partial charge in [-0.1, -0.05) is 36.9 Å². The summed E-state index contributed by atoms with van der Waals surface area (Å²) >= 11 is 0. The molecule has 3 aromatic rings. The minimum Gasteiger partial charge on any atom is -0.385 e. The van der Waals surface area contributed by atoms with Gasteiger partial charge in [0, 0.05) is 24.4 Å². The Labute approximate surface area is 148 Å². The summed E-state index contributed by atoms with van der Waals surface area (Å²) in [6.45, 7) is 8.97. The van der Waals surface area contributed by atoms with Crippen LogP contribution in [0.2, 0.25) is 0 Å². The van der Waals surface area contributed by atoms with Crippen LogP contribution < -0.4 is 10.6 Å². The van der Waals surface area contributed by atoms with Crippen molar-refractivity contribution < 1.29 is 4.79 Å². The molecule has 0 aliphatic heterocycles. The SMILES string of the molecule is C=C(C)C(=O)NCCCNc1ccc2cc3ccccc3cc2c1C. The van der Waals surface area contributed by atoms with Crippen LogP contribution in [0.3, 0.4) is 0 Å². The predicted molar refractivity (Wildman–Crippen MR) is 107 cm³/mol. The summed E-state index contributed by atoms with van der Waals surface area (Å²) in [4.78, 5) is 11.5. The molecule has 0 aliphatic carbocycles. The van der Waals surface area contributed by atoms with Crippen LogP contribution in [0.4, 0.5) is 5.69 Å². The van der Waals surface area contributed by atoms with Crippen LogP contribution in [0, 0.1) is 6.92 Å². The van der Waals surface area contributed by atoms with Gasteiger partial charge in [-0.3, -0.25) is 4.79 Å². The van der Waals surface area contributed by atoms with E-state index in [-0.39, 0.29) is 5.91 Å². The molecule has 3 nitrogen and oxygen atoms in total. The third-order valence-corrected chi connectivity index (χ3v) is 4.50. The Bertz CT molecular complexity index is 943. The van der Waals surface area contributed by atoms with Crippen molar-refractivity contribution in [1.82, 2.24) is 5.32 Å². The van der Waals surface area contributed by atoms with Crippen LogP contribution in [-0.4, -0.2) is 19.0 Å². The number of hydrogen-bond acceptors (Lipinski definition) is 2. The average molecular weight is 332 g/mol. The van der Waals surface area contributed by atoms with E-state index in [0.29, 0.717) is 12.1 Å². The molecule has 0 atom stereocenters. The third-order valence-electron chi connectivity index (χ3n) is 4.50. The molecule has 3 aromatic carbocycles. The number of aryl methyl sites for hydroxylation is 1. The zero-order valence-electron chi connectivity index (χ0n) is 14.9. The Hall–Kier alpha value is -2.81. The third kappa shape index (κ3) is 3.82. The first-order chi connectivity index (χ1) is 12.1. The van der Waals surface area contributed by atoms with Crippen LogP contribution in [0.25, 0.3) is 21.5 Å². The zero-order chi connectivity index (χ0) is 17.8. The number of carbonyl (C=O) groups is 1. The quantitative estimate of drug-likeness (QED) is 0.387. The molecule has 0 fully saturated rings. The molecule has 0 aliphatic rings. The van der Waals surface area contributed by atoms with Gasteiger partial charge in [-0.05, 0) is 65.6 Å². The Kier molecular flexibility index (Phi) is 5.03. The van der Waals surface area contributed by atoms with E-state index in [1.807, 2.05) is 0 Å². The second-order valence-corrected chi connectivity index (χ2v) is 6.48. The van der Waals surface area contributed by atoms with E-state index in [1.54, 1.807) is 6.92 Å². The summed E-state index contributed by atoms with van der Waals surface area (Å²) in [7, 11) is 0. The summed E-state index contributed by atoms with van der Waals surface area (Å²) in [6, 6.07) is 17.3. The fraction of sp³-hybridized carbons (Fsp3) is 0.227. The Balaban J connectivity index is 1.70. The van der Waals surface area contributed by atoms with Crippen molar-refractivity contribution in [2.75, 3.05) is 18.4 Å². The second-order valence-electron chi connectivity index (χ2n) is 6.48. The molecule has 3 rings (SSSR count). The van der Waals surface area contributed by atoms with E-state index in [9.17, 15) is 4.79 Å². The molecule has 0 unspecified atom stereocenters. The van der Waals surface area contributed by atoms with Gasteiger partial charge in [0.15, 0.2) is 0 Å². The van der Waals surface area contributed by atoms with Crippen LogP contribution in [0.5, 0.6) is 0 Å². The fourth-order valence-electron chi connectivity index (χ4n) is 3.02. The normalized spacial score (nSPS) is 10.8. The maximum Gasteiger partial charge on any atom is 0.246 e. The Morgan fingerprint density at radius 2 is 1.72 bits per heavy atom. The maximum atomic E-state index is 11.5. The predicted octanol–water partition coefficient (Wildman–Crippen LogP) is 4.80. The number of benzene rings is 3. The van der Waals surface area contributed by atoms with Crippen LogP contribution in [0.1, 0.15) is 18.9 Å². The van der Waals surface area contributed by atoms with Gasteiger partial charge >= 0.3 is 0 Å². The molecule has 0 saturated carbocycles. The van der Waals surface area contributed by atoms with Gasteiger partial charge in [0.25, 0.3) is 0 Å². The van der Waals surface area contributed by atoms with Crippen molar-refractivity contribution in [2.45, 2.75) is 20.3 Å². The lowest BCUT2D eigenvalue weighted by Gasteiger charge is -2.13. The van der Waals surface area contributed by atoms with E-state index in [2.05, 4.69) is 72.7 Å². The number of fused-ring (bicyclic) bond motifs is 2. The van der Waals surface area contributed by atoms with E-state index in [0.717, 1.165) is 18.7 Å². The highest BCUT2D eigenvalue weighted by molar-refractivity contribution is 6.01. The molecule has 0 radical (unpaired) electrons. The minimum atomic E-state index is -0.0752. The van der Waals surface area contributed by atoms with Gasteiger partial charge in [-0.2, -0.15) is 0 Å². The van der Waals surface area contributed by atoms with Crippen LogP contribution in [-0.2, 0) is 4.79 Å². The lowest BCUT2D eigenvalue weighted by molar-refractivity contribution is -0.117. The summed E-state index contributed by atoms with van der Waals surface area (Å²) in [6.07, 6.45) is 0.869. The lowest BCUT2D eigenvalue weighted by Crippen LogP contribution is -2.26. The number of nitrogens with one attached hydrogen (secondary N) is 2. The van der Waals surface area contributed by atoms with Crippen molar-refractivity contribution in [3.05, 3.63) is 66.2 Å². The molecule has 0 aromatic heterocycles. The molecule has 0 bridgehead atoms. The molecule has 25 heavy (non-hydrogen) atoms. The smallest absolute Gasteiger partial charge is 0.246 e. The Morgan fingerprint density at radius 1 is 1.00 bits per heavy atom. The zero-order valence-corrected chi connectivity index (χ0v) is 14.9. The topological polar surface area (TPSA) is 41.1 Å². The second kappa shape index (κ2) is 7.39. The van der Waals surface area contributed by atoms with Gasteiger partial charge in [-0.25, -0.2) is 0 Å². The summed E-state index contributed by atoms with van der Waals surface area (Å²) < 4.78 is 0. The number of amides is 1. The van der Waals surface area contributed by atoms with Crippen molar-refractivity contribution in [1.29, 1.82) is 0 Å². The van der Waals surface area contributed by atoms with Crippen molar-refractivity contribution >= 4 is 33.1 Å². The molecular weight excluding hydrogens is 308 g/mol. The van der Waals surface area contributed by atoms with Crippen molar-refractivity contribution in [3.8, 4) is 0 Å². The molecule has 0 heterocycles. The monoisotopic (exact) mass is 332 g/mol. The molecule has 0 spiro atoms. The van der Waals surface area contributed by atoms with Gasteiger partial charge in [-0.15, -0.1) is 0 Å². The molecule has 128 valence electrons. The highest BCUT2D eigenvalue weighted by atomic mass is 16.1. The van der Waals surface area contributed by atoms with E-state index >= 15 is 0 Å². The van der Waals surface area contributed by atoms with Gasteiger partial charge in [0.05, 0.1) is 0 Å². The summed E-state index contributed by atoms with van der Waals surface area (Å²) in [5, 5.41) is 11.4. The van der Waals surface area contributed by atoms with Gasteiger partial charge in [0.2, 0.25) is 5.91 Å². The maximum absolute atomic E-state index is 11.5. The highest BCUT2D eigenvalue weighted by Crippen LogP contribution is 2.29. The van der Waals surface area contributed by atoms with E-state index in [4.69, 9.17) is 0 Å². The molecular formula is C22H24N2O. The first-order valence-corrected chi connectivity index (χ1v) is 8.66. The van der Waals surface area contributed by atoms with Gasteiger partial charge in [0.1, 0.15) is 0 Å². The van der Waals surface area contributed by atoms with Gasteiger partial charge < -0.3 is 10.6 Å².